The van der Waals surface area contributed by atoms with Crippen molar-refractivity contribution in [2.24, 2.45) is 0 Å². The molecule has 138 valence electrons. The molecular formula is C21H26N2O3. The van der Waals surface area contributed by atoms with Crippen LogP contribution in [0.5, 0.6) is 11.5 Å². The van der Waals surface area contributed by atoms with Crippen LogP contribution in [0.3, 0.4) is 0 Å². The number of carbonyl (C=O) groups excluding carboxylic acids is 1. The lowest BCUT2D eigenvalue weighted by atomic mass is 10.0. The van der Waals surface area contributed by atoms with Crippen LogP contribution < -0.4 is 10.1 Å². The van der Waals surface area contributed by atoms with Gasteiger partial charge in [0.1, 0.15) is 0 Å². The minimum absolute atomic E-state index is 0.0344. The van der Waals surface area contributed by atoms with Crippen molar-refractivity contribution in [3.05, 3.63) is 59.7 Å². The zero-order chi connectivity index (χ0) is 18.2. The molecule has 3 rings (SSSR count). The summed E-state index contributed by atoms with van der Waals surface area (Å²) < 4.78 is 5.37. The van der Waals surface area contributed by atoms with Crippen LogP contribution in [-0.2, 0) is 17.9 Å². The lowest BCUT2D eigenvalue weighted by Gasteiger charge is -2.27. The summed E-state index contributed by atoms with van der Waals surface area (Å²) in [5.41, 5.74) is 2.39. The summed E-state index contributed by atoms with van der Waals surface area (Å²) >= 11 is 0. The molecule has 0 aliphatic carbocycles. The number of ether oxygens (including phenoxy) is 1. The van der Waals surface area contributed by atoms with E-state index in [4.69, 9.17) is 4.74 Å². The number of phenols is 1. The molecule has 0 saturated carbocycles. The maximum Gasteiger partial charge on any atom is 0.258 e. The number of phenolic OH excluding ortho intramolecular Hbond substituents is 1. The molecule has 0 unspecified atom stereocenters. The van der Waals surface area contributed by atoms with Crippen molar-refractivity contribution in [3.63, 3.8) is 0 Å². The number of amides is 1. The minimum Gasteiger partial charge on any atom is -0.504 e. The number of hydrogen-bond donors (Lipinski definition) is 2. The second kappa shape index (κ2) is 9.25. The van der Waals surface area contributed by atoms with Crippen molar-refractivity contribution in [3.8, 4) is 11.5 Å². The van der Waals surface area contributed by atoms with Gasteiger partial charge in [0.25, 0.3) is 5.91 Å². The Hall–Kier alpha value is -2.53. The number of para-hydroxylation sites is 2. The average Bonchev–Trinajstić information content (AvgIpc) is 2.67. The maximum atomic E-state index is 12.1. The molecule has 2 aromatic rings. The van der Waals surface area contributed by atoms with Crippen molar-refractivity contribution in [2.75, 3.05) is 19.7 Å². The van der Waals surface area contributed by atoms with Gasteiger partial charge < -0.3 is 15.2 Å². The van der Waals surface area contributed by atoms with Crippen LogP contribution in [0.25, 0.3) is 0 Å². The maximum absolute atomic E-state index is 12.1. The van der Waals surface area contributed by atoms with E-state index in [1.165, 1.54) is 30.9 Å². The van der Waals surface area contributed by atoms with E-state index >= 15 is 0 Å². The summed E-state index contributed by atoms with van der Waals surface area (Å²) in [5.74, 6) is 0.140. The number of piperidine rings is 1. The highest BCUT2D eigenvalue weighted by atomic mass is 16.5. The van der Waals surface area contributed by atoms with Gasteiger partial charge >= 0.3 is 0 Å². The third-order valence-electron chi connectivity index (χ3n) is 4.66. The first-order valence-electron chi connectivity index (χ1n) is 9.19. The number of hydrogen-bond acceptors (Lipinski definition) is 4. The van der Waals surface area contributed by atoms with E-state index in [0.717, 1.165) is 25.2 Å². The predicted octanol–water partition coefficient (Wildman–Crippen LogP) is 3.07. The van der Waals surface area contributed by atoms with Crippen LogP contribution in [0.2, 0.25) is 0 Å². The summed E-state index contributed by atoms with van der Waals surface area (Å²) in [7, 11) is 0. The second-order valence-electron chi connectivity index (χ2n) is 6.64. The van der Waals surface area contributed by atoms with Crippen LogP contribution in [0.4, 0.5) is 0 Å². The molecule has 0 radical (unpaired) electrons. The van der Waals surface area contributed by atoms with Crippen molar-refractivity contribution in [1.82, 2.24) is 10.2 Å². The van der Waals surface area contributed by atoms with Gasteiger partial charge in [-0.15, -0.1) is 0 Å². The normalized spacial score (nSPS) is 14.8. The van der Waals surface area contributed by atoms with Gasteiger partial charge in [-0.2, -0.15) is 0 Å². The monoisotopic (exact) mass is 354 g/mol. The highest BCUT2D eigenvalue weighted by Gasteiger charge is 2.13. The van der Waals surface area contributed by atoms with Gasteiger partial charge in [0.05, 0.1) is 0 Å². The van der Waals surface area contributed by atoms with E-state index in [1.807, 2.05) is 12.1 Å². The zero-order valence-electron chi connectivity index (χ0n) is 15.0. The predicted molar refractivity (Wildman–Crippen MR) is 101 cm³/mol. The Bertz CT molecular complexity index is 727. The number of rotatable bonds is 7. The molecule has 5 heteroatoms. The van der Waals surface area contributed by atoms with Crippen LogP contribution in [0.1, 0.15) is 30.4 Å². The number of benzene rings is 2. The number of likely N-dealkylation sites (tertiary alicyclic amines) is 1. The van der Waals surface area contributed by atoms with Gasteiger partial charge in [-0.05, 0) is 49.2 Å². The smallest absolute Gasteiger partial charge is 0.258 e. The van der Waals surface area contributed by atoms with Crippen molar-refractivity contribution < 1.29 is 14.6 Å². The standard InChI is InChI=1S/C21H26N2O3/c24-19-10-4-5-11-20(19)26-16-21(25)22-14-17-8-2-3-9-18(17)15-23-12-6-1-7-13-23/h2-5,8-11,24H,1,6-7,12-16H2,(H,22,25). The van der Waals surface area contributed by atoms with Gasteiger partial charge in [0, 0.05) is 13.1 Å². The minimum atomic E-state index is -0.207. The van der Waals surface area contributed by atoms with Crippen molar-refractivity contribution in [2.45, 2.75) is 32.4 Å². The Balaban J connectivity index is 1.51. The Morgan fingerprint density at radius 1 is 1.00 bits per heavy atom. The Morgan fingerprint density at radius 2 is 1.69 bits per heavy atom. The highest BCUT2D eigenvalue weighted by molar-refractivity contribution is 5.77. The molecule has 5 nitrogen and oxygen atoms in total. The second-order valence-corrected chi connectivity index (χ2v) is 6.64. The van der Waals surface area contributed by atoms with Crippen molar-refractivity contribution in [1.29, 1.82) is 0 Å². The molecule has 1 amide bonds. The van der Waals surface area contributed by atoms with E-state index < -0.39 is 0 Å². The molecule has 0 aromatic heterocycles. The van der Waals surface area contributed by atoms with Crippen LogP contribution in [0, 0.1) is 0 Å². The van der Waals surface area contributed by atoms with Gasteiger partial charge in [0.15, 0.2) is 18.1 Å². The first-order valence-corrected chi connectivity index (χ1v) is 9.19. The van der Waals surface area contributed by atoms with Crippen LogP contribution in [-0.4, -0.2) is 35.6 Å². The fraction of sp³-hybridized carbons (Fsp3) is 0.381. The zero-order valence-corrected chi connectivity index (χ0v) is 15.0. The molecule has 1 saturated heterocycles. The lowest BCUT2D eigenvalue weighted by molar-refractivity contribution is -0.123. The van der Waals surface area contributed by atoms with Crippen LogP contribution in [0.15, 0.2) is 48.5 Å². The van der Waals surface area contributed by atoms with Gasteiger partial charge in [-0.1, -0.05) is 42.8 Å². The number of nitrogens with one attached hydrogen (secondary N) is 1. The number of carbonyl (C=O) groups is 1. The molecule has 1 aliphatic heterocycles. The molecule has 1 fully saturated rings. The molecule has 0 atom stereocenters. The van der Waals surface area contributed by atoms with E-state index in [9.17, 15) is 9.90 Å². The Kier molecular flexibility index (Phi) is 6.50. The van der Waals surface area contributed by atoms with E-state index in [2.05, 4.69) is 22.3 Å². The largest absolute Gasteiger partial charge is 0.504 e. The fourth-order valence-electron chi connectivity index (χ4n) is 3.21. The molecule has 2 N–H and O–H groups in total. The molecule has 0 spiro atoms. The number of nitrogens with zero attached hydrogens (tertiary/aromatic N) is 1. The highest BCUT2D eigenvalue weighted by Crippen LogP contribution is 2.24. The summed E-state index contributed by atoms with van der Waals surface area (Å²) in [6.45, 7) is 3.59. The third kappa shape index (κ3) is 5.23. The van der Waals surface area contributed by atoms with E-state index in [-0.39, 0.29) is 18.3 Å². The Labute approximate surface area is 154 Å². The Morgan fingerprint density at radius 3 is 2.46 bits per heavy atom. The third-order valence-corrected chi connectivity index (χ3v) is 4.66. The topological polar surface area (TPSA) is 61.8 Å². The molecular weight excluding hydrogens is 328 g/mol. The average molecular weight is 354 g/mol. The first kappa shape index (κ1) is 18.3. The fourth-order valence-corrected chi connectivity index (χ4v) is 3.21. The molecule has 2 aromatic carbocycles. The van der Waals surface area contributed by atoms with E-state index in [0.29, 0.717) is 12.3 Å². The van der Waals surface area contributed by atoms with Gasteiger partial charge in [-0.3, -0.25) is 9.69 Å². The molecule has 1 heterocycles. The van der Waals surface area contributed by atoms with Gasteiger partial charge in [-0.25, -0.2) is 0 Å². The first-order chi connectivity index (χ1) is 12.7. The summed E-state index contributed by atoms with van der Waals surface area (Å²) in [4.78, 5) is 14.6. The summed E-state index contributed by atoms with van der Waals surface area (Å²) in [6.07, 6.45) is 3.86. The van der Waals surface area contributed by atoms with E-state index in [1.54, 1.807) is 18.2 Å². The molecule has 1 aliphatic rings. The molecule has 26 heavy (non-hydrogen) atoms. The lowest BCUT2D eigenvalue weighted by Crippen LogP contribution is -2.31. The summed E-state index contributed by atoms with van der Waals surface area (Å²) in [5, 5.41) is 12.6. The summed E-state index contributed by atoms with van der Waals surface area (Å²) in [6, 6.07) is 14.9. The SMILES string of the molecule is O=C(COc1ccccc1O)NCc1ccccc1CN1CCCCC1. The van der Waals surface area contributed by atoms with Gasteiger partial charge in [0.2, 0.25) is 0 Å². The quantitative estimate of drug-likeness (QED) is 0.802. The van der Waals surface area contributed by atoms with Crippen LogP contribution >= 0.6 is 0 Å². The van der Waals surface area contributed by atoms with Crippen molar-refractivity contribution >= 4 is 5.91 Å². The number of aromatic hydroxyl groups is 1. The molecule has 0 bridgehead atoms.